The van der Waals surface area contributed by atoms with Gasteiger partial charge in [-0.25, -0.2) is 8.78 Å². The highest BCUT2D eigenvalue weighted by Crippen LogP contribution is 2.39. The van der Waals surface area contributed by atoms with Crippen molar-refractivity contribution in [2.75, 3.05) is 0 Å². The summed E-state index contributed by atoms with van der Waals surface area (Å²) in [5, 5.41) is 9.99. The van der Waals surface area contributed by atoms with Crippen LogP contribution in [0.2, 0.25) is 0 Å². The number of rotatable bonds is 4. The number of hydrogen-bond acceptors (Lipinski definition) is 3. The van der Waals surface area contributed by atoms with Crippen LogP contribution in [0, 0.1) is 17.6 Å². The Morgan fingerprint density at radius 1 is 1.11 bits per heavy atom. The SMILES string of the molecule is Oc1cccnc1C1N=CC(C(F)(F)F)=CC1CCc1ccc(F)cc1F. The summed E-state index contributed by atoms with van der Waals surface area (Å²) in [5.74, 6) is -2.43. The predicted molar refractivity (Wildman–Crippen MR) is 89.4 cm³/mol. The molecule has 1 N–H and O–H groups in total. The highest BCUT2D eigenvalue weighted by Gasteiger charge is 2.37. The Kier molecular flexibility index (Phi) is 5.25. The second kappa shape index (κ2) is 7.46. The number of halogens is 5. The van der Waals surface area contributed by atoms with Crippen LogP contribution in [0.3, 0.4) is 0 Å². The van der Waals surface area contributed by atoms with Crippen LogP contribution in [-0.2, 0) is 6.42 Å². The molecule has 3 nitrogen and oxygen atoms in total. The van der Waals surface area contributed by atoms with Gasteiger partial charge in [-0.1, -0.05) is 12.1 Å². The van der Waals surface area contributed by atoms with Crippen molar-refractivity contribution >= 4 is 6.21 Å². The van der Waals surface area contributed by atoms with Crippen LogP contribution in [0.5, 0.6) is 5.75 Å². The average molecular weight is 382 g/mol. The number of hydrogen-bond donors (Lipinski definition) is 1. The summed E-state index contributed by atoms with van der Waals surface area (Å²) >= 11 is 0. The first kappa shape index (κ1) is 19.0. The minimum absolute atomic E-state index is 0.0814. The van der Waals surface area contributed by atoms with Crippen molar-refractivity contribution in [3.8, 4) is 5.75 Å². The second-order valence-corrected chi connectivity index (χ2v) is 6.19. The molecule has 3 rings (SSSR count). The molecule has 0 spiro atoms. The Balaban J connectivity index is 1.89. The maximum atomic E-state index is 13.8. The molecule has 0 fully saturated rings. The van der Waals surface area contributed by atoms with Gasteiger partial charge in [-0.05, 0) is 36.6 Å². The molecule has 0 saturated carbocycles. The number of pyridine rings is 1. The van der Waals surface area contributed by atoms with Gasteiger partial charge in [-0.15, -0.1) is 0 Å². The van der Waals surface area contributed by atoms with Crippen molar-refractivity contribution in [1.29, 1.82) is 0 Å². The highest BCUT2D eigenvalue weighted by molar-refractivity contribution is 5.81. The maximum absolute atomic E-state index is 13.8. The number of dihydropyridines is 1. The summed E-state index contributed by atoms with van der Waals surface area (Å²) in [6, 6.07) is 5.12. The molecule has 0 aliphatic carbocycles. The largest absolute Gasteiger partial charge is 0.506 e. The molecule has 2 heterocycles. The van der Waals surface area contributed by atoms with Gasteiger partial charge < -0.3 is 5.11 Å². The summed E-state index contributed by atoms with van der Waals surface area (Å²) < 4.78 is 66.1. The highest BCUT2D eigenvalue weighted by atomic mass is 19.4. The monoisotopic (exact) mass is 382 g/mol. The molecule has 1 aromatic heterocycles. The molecule has 1 aliphatic heterocycles. The minimum Gasteiger partial charge on any atom is -0.506 e. The van der Waals surface area contributed by atoms with Crippen molar-refractivity contribution in [3.63, 3.8) is 0 Å². The molecule has 8 heteroatoms. The number of alkyl halides is 3. The third-order valence-corrected chi connectivity index (χ3v) is 4.36. The van der Waals surface area contributed by atoms with E-state index in [4.69, 9.17) is 0 Å². The lowest BCUT2D eigenvalue weighted by atomic mass is 9.86. The van der Waals surface area contributed by atoms with Crippen LogP contribution >= 0.6 is 0 Å². The van der Waals surface area contributed by atoms with Gasteiger partial charge in [0.25, 0.3) is 0 Å². The number of aromatic nitrogens is 1. The Labute approximate surface area is 151 Å². The first-order valence-corrected chi connectivity index (χ1v) is 8.15. The zero-order chi connectivity index (χ0) is 19.6. The van der Waals surface area contributed by atoms with Gasteiger partial charge in [-0.3, -0.25) is 9.98 Å². The molecule has 0 radical (unpaired) electrons. The van der Waals surface area contributed by atoms with Gasteiger partial charge in [0.05, 0.1) is 5.57 Å². The molecule has 1 aliphatic rings. The van der Waals surface area contributed by atoms with E-state index < -0.39 is 35.3 Å². The van der Waals surface area contributed by atoms with E-state index in [0.29, 0.717) is 6.21 Å². The predicted octanol–water partition coefficient (Wildman–Crippen LogP) is 4.93. The fourth-order valence-electron chi connectivity index (χ4n) is 3.00. The molecule has 2 atom stereocenters. The number of allylic oxidation sites excluding steroid dienone is 1. The molecule has 2 unspecified atom stereocenters. The van der Waals surface area contributed by atoms with E-state index in [1.54, 1.807) is 0 Å². The van der Waals surface area contributed by atoms with Crippen LogP contribution in [0.15, 0.2) is 53.2 Å². The van der Waals surface area contributed by atoms with E-state index >= 15 is 0 Å². The number of benzene rings is 1. The van der Waals surface area contributed by atoms with Gasteiger partial charge in [0.1, 0.15) is 29.1 Å². The molecule has 2 aromatic rings. The first-order valence-electron chi connectivity index (χ1n) is 8.15. The van der Waals surface area contributed by atoms with Crippen molar-refractivity contribution < 1.29 is 27.1 Å². The Hall–Kier alpha value is -2.77. The lowest BCUT2D eigenvalue weighted by Crippen LogP contribution is -2.22. The summed E-state index contributed by atoms with van der Waals surface area (Å²) in [6.45, 7) is 0. The van der Waals surface area contributed by atoms with E-state index in [-0.39, 0.29) is 29.8 Å². The van der Waals surface area contributed by atoms with Gasteiger partial charge in [0, 0.05) is 24.4 Å². The minimum atomic E-state index is -4.57. The third kappa shape index (κ3) is 4.32. The average Bonchev–Trinajstić information content (AvgIpc) is 2.60. The third-order valence-electron chi connectivity index (χ3n) is 4.36. The van der Waals surface area contributed by atoms with Crippen molar-refractivity contribution in [1.82, 2.24) is 4.98 Å². The van der Waals surface area contributed by atoms with Crippen molar-refractivity contribution in [2.24, 2.45) is 10.9 Å². The van der Waals surface area contributed by atoms with Crippen molar-refractivity contribution in [2.45, 2.75) is 25.1 Å². The molecular formula is C19H15F5N2O. The second-order valence-electron chi connectivity index (χ2n) is 6.19. The Bertz CT molecular complexity index is 892. The maximum Gasteiger partial charge on any atom is 0.417 e. The van der Waals surface area contributed by atoms with Crippen LogP contribution in [0.4, 0.5) is 22.0 Å². The van der Waals surface area contributed by atoms with E-state index in [1.807, 2.05) is 0 Å². The molecule has 142 valence electrons. The van der Waals surface area contributed by atoms with E-state index in [1.165, 1.54) is 24.4 Å². The van der Waals surface area contributed by atoms with E-state index in [9.17, 15) is 27.1 Å². The number of aromatic hydroxyl groups is 1. The summed E-state index contributed by atoms with van der Waals surface area (Å²) in [6.07, 6.45) is -1.23. The van der Waals surface area contributed by atoms with Crippen LogP contribution in [-0.4, -0.2) is 22.5 Å². The fraction of sp³-hybridized carbons (Fsp3) is 0.263. The summed E-state index contributed by atoms with van der Waals surface area (Å²) in [4.78, 5) is 7.97. The van der Waals surface area contributed by atoms with Gasteiger partial charge in [0.2, 0.25) is 0 Å². The number of aliphatic imine (C=N–C) groups is 1. The zero-order valence-electron chi connectivity index (χ0n) is 13.9. The summed E-state index contributed by atoms with van der Waals surface area (Å²) in [5.41, 5.74) is -0.563. The van der Waals surface area contributed by atoms with Gasteiger partial charge >= 0.3 is 6.18 Å². The number of nitrogens with zero attached hydrogens (tertiary/aromatic N) is 2. The lowest BCUT2D eigenvalue weighted by molar-refractivity contribution is -0.0864. The lowest BCUT2D eigenvalue weighted by Gasteiger charge is -2.26. The fourth-order valence-corrected chi connectivity index (χ4v) is 3.00. The topological polar surface area (TPSA) is 45.5 Å². The molecule has 0 amide bonds. The van der Waals surface area contributed by atoms with Crippen LogP contribution in [0.1, 0.15) is 23.7 Å². The van der Waals surface area contributed by atoms with Crippen molar-refractivity contribution in [3.05, 3.63) is 71.1 Å². The molecule has 27 heavy (non-hydrogen) atoms. The summed E-state index contributed by atoms with van der Waals surface area (Å²) in [7, 11) is 0. The zero-order valence-corrected chi connectivity index (χ0v) is 13.9. The standard InChI is InChI=1S/C19H15F5N2O/c20-14-6-5-11(15(21)9-14)3-4-12-8-13(19(22,23)24)10-26-17(12)18-16(27)2-1-7-25-18/h1-2,5-10,12,17,27H,3-4H2. The van der Waals surface area contributed by atoms with E-state index in [2.05, 4.69) is 9.98 Å². The normalized spacial score (nSPS) is 19.8. The van der Waals surface area contributed by atoms with E-state index in [0.717, 1.165) is 18.2 Å². The quantitative estimate of drug-likeness (QED) is 0.763. The Morgan fingerprint density at radius 2 is 1.89 bits per heavy atom. The van der Waals surface area contributed by atoms with Crippen LogP contribution in [0.25, 0.3) is 0 Å². The van der Waals surface area contributed by atoms with Gasteiger partial charge in [-0.2, -0.15) is 13.2 Å². The molecule has 0 saturated heterocycles. The molecule has 0 bridgehead atoms. The van der Waals surface area contributed by atoms with Crippen LogP contribution < -0.4 is 0 Å². The number of aryl methyl sites for hydroxylation is 1. The molecular weight excluding hydrogens is 367 g/mol. The Morgan fingerprint density at radius 3 is 2.56 bits per heavy atom. The molecule has 1 aromatic carbocycles. The first-order chi connectivity index (χ1) is 12.8. The smallest absolute Gasteiger partial charge is 0.417 e. The van der Waals surface area contributed by atoms with Gasteiger partial charge in [0.15, 0.2) is 0 Å².